The van der Waals surface area contributed by atoms with Crippen LogP contribution < -0.4 is 0 Å². The van der Waals surface area contributed by atoms with Gasteiger partial charge in [0.2, 0.25) is 0 Å². The predicted octanol–water partition coefficient (Wildman–Crippen LogP) is 2.19. The van der Waals surface area contributed by atoms with Crippen LogP contribution >= 0.6 is 11.6 Å². The number of pyridine rings is 1. The third kappa shape index (κ3) is 1.91. The number of fused-ring (bicyclic) bond motifs is 1. The third-order valence-electron chi connectivity index (χ3n) is 3.41. The fourth-order valence-corrected chi connectivity index (χ4v) is 2.59. The van der Waals surface area contributed by atoms with E-state index in [-0.39, 0.29) is 0 Å². The van der Waals surface area contributed by atoms with Crippen molar-refractivity contribution in [1.82, 2.24) is 19.5 Å². The van der Waals surface area contributed by atoms with Gasteiger partial charge in [-0.2, -0.15) is 0 Å². The lowest BCUT2D eigenvalue weighted by Crippen LogP contribution is -2.19. The van der Waals surface area contributed by atoms with Gasteiger partial charge in [0, 0.05) is 12.5 Å². The van der Waals surface area contributed by atoms with E-state index in [4.69, 9.17) is 11.6 Å². The Morgan fingerprint density at radius 1 is 1.47 bits per heavy atom. The van der Waals surface area contributed by atoms with E-state index in [0.29, 0.717) is 11.1 Å². The summed E-state index contributed by atoms with van der Waals surface area (Å²) in [5, 5.41) is 5.13. The second kappa shape index (κ2) is 4.27. The molecule has 2 aromatic heterocycles. The van der Waals surface area contributed by atoms with Gasteiger partial charge in [-0.1, -0.05) is 24.6 Å². The minimum atomic E-state index is 0.450. The molecular formula is C12H15ClN4. The number of likely N-dealkylation sites (N-methyl/N-ethyl adjacent to an activating group) is 1. The highest BCUT2D eigenvalue weighted by Crippen LogP contribution is 2.25. The molecule has 1 aliphatic heterocycles. The van der Waals surface area contributed by atoms with Crippen molar-refractivity contribution in [3.05, 3.63) is 29.2 Å². The van der Waals surface area contributed by atoms with E-state index >= 15 is 0 Å². The Morgan fingerprint density at radius 3 is 3.06 bits per heavy atom. The van der Waals surface area contributed by atoms with Gasteiger partial charge in [-0.3, -0.25) is 0 Å². The Labute approximate surface area is 105 Å². The maximum absolute atomic E-state index is 6.08. The summed E-state index contributed by atoms with van der Waals surface area (Å²) in [6.07, 6.45) is 1.14. The molecule has 0 aliphatic carbocycles. The molecule has 5 heteroatoms. The molecular weight excluding hydrogens is 236 g/mol. The van der Waals surface area contributed by atoms with E-state index < -0.39 is 0 Å². The number of likely N-dealkylation sites (tertiary alicyclic amines) is 1. The number of hydrogen-bond donors (Lipinski definition) is 0. The number of halogens is 1. The van der Waals surface area contributed by atoms with Gasteiger partial charge in [-0.15, -0.1) is 5.10 Å². The Hall–Kier alpha value is -1.13. The molecule has 0 aromatic carbocycles. The molecule has 3 rings (SSSR count). The van der Waals surface area contributed by atoms with Crippen LogP contribution in [0.1, 0.15) is 25.1 Å². The Balaban J connectivity index is 1.94. The molecule has 0 spiro atoms. The predicted molar refractivity (Wildman–Crippen MR) is 67.5 cm³/mol. The average Bonchev–Trinajstić information content (AvgIpc) is 2.95. The lowest BCUT2D eigenvalue weighted by atomic mass is 10.1. The number of aromatic nitrogens is 3. The molecule has 0 bridgehead atoms. The summed E-state index contributed by atoms with van der Waals surface area (Å²) in [5.74, 6) is 1.37. The smallest absolute Gasteiger partial charge is 0.157 e. The van der Waals surface area contributed by atoms with E-state index in [1.165, 1.54) is 0 Å². The fraction of sp³-hybridized carbons (Fsp3) is 0.500. The van der Waals surface area contributed by atoms with Crippen molar-refractivity contribution in [2.75, 3.05) is 19.6 Å². The number of nitrogens with zero attached hydrogens (tertiary/aromatic N) is 4. The first-order valence-corrected chi connectivity index (χ1v) is 6.39. The normalized spacial score (nSPS) is 21.4. The maximum atomic E-state index is 6.08. The van der Waals surface area contributed by atoms with Crippen LogP contribution in [0.3, 0.4) is 0 Å². The number of hydrogen-bond acceptors (Lipinski definition) is 3. The van der Waals surface area contributed by atoms with Crippen molar-refractivity contribution in [3.8, 4) is 0 Å². The molecule has 17 heavy (non-hydrogen) atoms. The van der Waals surface area contributed by atoms with Gasteiger partial charge in [0.05, 0.1) is 0 Å². The van der Waals surface area contributed by atoms with Crippen LogP contribution in [-0.2, 0) is 0 Å². The van der Waals surface area contributed by atoms with Crippen LogP contribution in [0.2, 0.25) is 5.15 Å². The molecule has 0 radical (unpaired) electrons. The van der Waals surface area contributed by atoms with Crippen LogP contribution in [0.15, 0.2) is 18.2 Å². The highest BCUT2D eigenvalue weighted by Gasteiger charge is 2.26. The molecule has 1 atom stereocenters. The minimum Gasteiger partial charge on any atom is -0.303 e. The Kier molecular flexibility index (Phi) is 2.76. The van der Waals surface area contributed by atoms with Crippen LogP contribution in [-0.4, -0.2) is 39.1 Å². The van der Waals surface area contributed by atoms with Crippen LogP contribution in [0.4, 0.5) is 0 Å². The van der Waals surface area contributed by atoms with Crippen molar-refractivity contribution in [2.45, 2.75) is 19.3 Å². The Morgan fingerprint density at radius 2 is 2.35 bits per heavy atom. The molecule has 1 unspecified atom stereocenters. The molecule has 1 fully saturated rings. The lowest BCUT2D eigenvalue weighted by Gasteiger charge is -2.10. The first-order chi connectivity index (χ1) is 8.28. The van der Waals surface area contributed by atoms with Crippen LogP contribution in [0.5, 0.6) is 0 Å². The lowest BCUT2D eigenvalue weighted by molar-refractivity contribution is 0.352. The summed E-state index contributed by atoms with van der Waals surface area (Å²) in [4.78, 5) is 6.99. The zero-order valence-electron chi connectivity index (χ0n) is 9.80. The highest BCUT2D eigenvalue weighted by atomic mass is 35.5. The van der Waals surface area contributed by atoms with Crippen molar-refractivity contribution < 1.29 is 0 Å². The molecule has 0 amide bonds. The van der Waals surface area contributed by atoms with E-state index in [1.807, 2.05) is 18.2 Å². The topological polar surface area (TPSA) is 33.4 Å². The molecule has 1 saturated heterocycles. The third-order valence-corrected chi connectivity index (χ3v) is 3.70. The van der Waals surface area contributed by atoms with Gasteiger partial charge in [0.25, 0.3) is 0 Å². The standard InChI is InChI=1S/C12H15ClN4/c1-2-16-7-6-9(8-16)12-14-11-5-3-4-10(13)17(11)15-12/h3-5,9H,2,6-8H2,1H3. The summed E-state index contributed by atoms with van der Waals surface area (Å²) in [6, 6.07) is 5.68. The highest BCUT2D eigenvalue weighted by molar-refractivity contribution is 6.29. The minimum absolute atomic E-state index is 0.450. The second-order valence-electron chi connectivity index (χ2n) is 4.47. The van der Waals surface area contributed by atoms with Gasteiger partial charge in [-0.25, -0.2) is 9.50 Å². The van der Waals surface area contributed by atoms with Gasteiger partial charge in [-0.05, 0) is 31.6 Å². The van der Waals surface area contributed by atoms with Gasteiger partial charge in [0.1, 0.15) is 5.15 Å². The first-order valence-electron chi connectivity index (χ1n) is 6.01. The SMILES string of the molecule is CCN1CCC(c2nc3cccc(Cl)n3n2)C1. The van der Waals surface area contributed by atoms with Crippen LogP contribution in [0.25, 0.3) is 5.65 Å². The number of rotatable bonds is 2. The zero-order chi connectivity index (χ0) is 11.8. The van der Waals surface area contributed by atoms with Crippen molar-refractivity contribution >= 4 is 17.2 Å². The summed E-state index contributed by atoms with van der Waals surface area (Å²) in [7, 11) is 0. The molecule has 3 heterocycles. The largest absolute Gasteiger partial charge is 0.303 e. The van der Waals surface area contributed by atoms with Crippen molar-refractivity contribution in [3.63, 3.8) is 0 Å². The van der Waals surface area contributed by atoms with Gasteiger partial charge in [0.15, 0.2) is 11.5 Å². The van der Waals surface area contributed by atoms with E-state index in [9.17, 15) is 0 Å². The van der Waals surface area contributed by atoms with Gasteiger partial charge < -0.3 is 4.90 Å². The van der Waals surface area contributed by atoms with Crippen molar-refractivity contribution in [2.24, 2.45) is 0 Å². The summed E-state index contributed by atoms with van der Waals surface area (Å²) >= 11 is 6.08. The Bertz CT molecular complexity index is 536. The second-order valence-corrected chi connectivity index (χ2v) is 4.85. The van der Waals surface area contributed by atoms with Crippen molar-refractivity contribution in [1.29, 1.82) is 0 Å². The first kappa shape index (κ1) is 11.0. The van der Waals surface area contributed by atoms with Gasteiger partial charge >= 0.3 is 0 Å². The maximum Gasteiger partial charge on any atom is 0.157 e. The summed E-state index contributed by atoms with van der Waals surface area (Å²) < 4.78 is 1.71. The molecule has 0 saturated carbocycles. The average molecular weight is 251 g/mol. The zero-order valence-corrected chi connectivity index (χ0v) is 10.6. The molecule has 0 N–H and O–H groups in total. The quantitative estimate of drug-likeness (QED) is 0.767. The molecule has 2 aromatic rings. The summed E-state index contributed by atoms with van der Waals surface area (Å²) in [6.45, 7) is 5.50. The fourth-order valence-electron chi connectivity index (χ4n) is 2.39. The van der Waals surface area contributed by atoms with Crippen LogP contribution in [0, 0.1) is 0 Å². The van der Waals surface area contributed by atoms with E-state index in [2.05, 4.69) is 21.9 Å². The molecule has 4 nitrogen and oxygen atoms in total. The van der Waals surface area contributed by atoms with E-state index in [1.54, 1.807) is 4.52 Å². The molecule has 90 valence electrons. The molecule has 1 aliphatic rings. The monoisotopic (exact) mass is 250 g/mol. The summed E-state index contributed by atoms with van der Waals surface area (Å²) in [5.41, 5.74) is 0.836. The van der Waals surface area contributed by atoms with E-state index in [0.717, 1.165) is 37.5 Å².